The van der Waals surface area contributed by atoms with Gasteiger partial charge in [-0.1, -0.05) is 0 Å². The molecule has 2 aromatic rings. The van der Waals surface area contributed by atoms with E-state index in [-0.39, 0.29) is 12.4 Å². The second-order valence-corrected chi connectivity index (χ2v) is 7.18. The van der Waals surface area contributed by atoms with E-state index in [1.165, 1.54) is 12.1 Å². The van der Waals surface area contributed by atoms with E-state index >= 15 is 0 Å². The molecule has 0 fully saturated rings. The summed E-state index contributed by atoms with van der Waals surface area (Å²) in [5.74, 6) is -1.31. The molecule has 0 saturated carbocycles. The number of anilines is 1. The fourth-order valence-corrected chi connectivity index (χ4v) is 3.18. The van der Waals surface area contributed by atoms with Crippen molar-refractivity contribution in [2.24, 2.45) is 0 Å². The highest BCUT2D eigenvalue weighted by Gasteiger charge is 2.18. The van der Waals surface area contributed by atoms with Crippen molar-refractivity contribution in [2.75, 3.05) is 18.5 Å². The van der Waals surface area contributed by atoms with Gasteiger partial charge in [-0.25, -0.2) is 14.3 Å². The molecule has 7 nitrogen and oxygen atoms in total. The van der Waals surface area contributed by atoms with Crippen LogP contribution in [0.25, 0.3) is 0 Å². The lowest BCUT2D eigenvalue weighted by molar-refractivity contribution is -0.130. The number of amides is 1. The van der Waals surface area contributed by atoms with Gasteiger partial charge in [0.25, 0.3) is 5.91 Å². The molecule has 0 saturated heterocycles. The van der Waals surface area contributed by atoms with Gasteiger partial charge < -0.3 is 15.7 Å². The molecular formula is C21H28F2N4O3. The Morgan fingerprint density at radius 2 is 1.87 bits per heavy atom. The van der Waals surface area contributed by atoms with Gasteiger partial charge in [0.05, 0.1) is 24.5 Å². The third kappa shape index (κ3) is 6.72. The number of unbranched alkanes of at least 4 members (excludes halogenated alkanes) is 1. The number of halogens is 2. The maximum atomic E-state index is 13.8. The first-order chi connectivity index (χ1) is 14.3. The number of aromatic nitrogens is 1. The Labute approximate surface area is 174 Å². The largest absolute Gasteiger partial charge is 0.394 e. The Hall–Kier alpha value is -2.62. The smallest absolute Gasteiger partial charge is 0.265 e. The van der Waals surface area contributed by atoms with Crippen LogP contribution in [0.5, 0.6) is 0 Å². The molecule has 0 aliphatic heterocycles. The number of pyridine rings is 1. The molecule has 0 spiro atoms. The van der Waals surface area contributed by atoms with Crippen molar-refractivity contribution >= 4 is 11.6 Å². The first-order valence-electron chi connectivity index (χ1n) is 9.78. The van der Waals surface area contributed by atoms with E-state index in [1.807, 2.05) is 0 Å². The number of hydrogen-bond acceptors (Lipinski definition) is 6. The van der Waals surface area contributed by atoms with E-state index in [0.717, 1.165) is 6.20 Å². The molecule has 0 bridgehead atoms. The molecule has 0 aliphatic rings. The van der Waals surface area contributed by atoms with Crippen molar-refractivity contribution in [3.05, 3.63) is 58.9 Å². The normalized spacial score (nSPS) is 13.0. The summed E-state index contributed by atoms with van der Waals surface area (Å²) in [6.45, 7) is 3.66. The van der Waals surface area contributed by atoms with E-state index in [9.17, 15) is 18.7 Å². The predicted molar refractivity (Wildman–Crippen MR) is 109 cm³/mol. The van der Waals surface area contributed by atoms with Gasteiger partial charge in [-0.15, -0.1) is 0 Å². The van der Waals surface area contributed by atoms with Crippen LogP contribution >= 0.6 is 0 Å². The number of rotatable bonds is 11. The van der Waals surface area contributed by atoms with E-state index < -0.39 is 23.8 Å². The van der Waals surface area contributed by atoms with Crippen LogP contribution in [0.4, 0.5) is 14.5 Å². The van der Waals surface area contributed by atoms with Gasteiger partial charge in [0.15, 0.2) is 0 Å². The third-order valence-electron chi connectivity index (χ3n) is 4.80. The van der Waals surface area contributed by atoms with Crippen molar-refractivity contribution in [1.82, 2.24) is 15.8 Å². The molecule has 5 N–H and O–H groups in total. The molecule has 1 aromatic carbocycles. The second-order valence-electron chi connectivity index (χ2n) is 7.18. The zero-order chi connectivity index (χ0) is 22.1. The third-order valence-corrected chi connectivity index (χ3v) is 4.80. The Morgan fingerprint density at radius 1 is 1.17 bits per heavy atom. The van der Waals surface area contributed by atoms with Crippen LogP contribution in [-0.4, -0.2) is 40.4 Å². The fourth-order valence-electron chi connectivity index (χ4n) is 3.18. The van der Waals surface area contributed by atoms with Crippen molar-refractivity contribution in [3.8, 4) is 0 Å². The number of benzene rings is 1. The quantitative estimate of drug-likeness (QED) is 0.217. The lowest BCUT2D eigenvalue weighted by Crippen LogP contribution is -2.38. The van der Waals surface area contributed by atoms with Crippen LogP contribution in [-0.2, 0) is 4.79 Å². The van der Waals surface area contributed by atoms with Gasteiger partial charge in [-0.3, -0.25) is 15.0 Å². The van der Waals surface area contributed by atoms with Crippen LogP contribution < -0.4 is 16.1 Å². The first-order valence-corrected chi connectivity index (χ1v) is 9.78. The molecule has 9 heteroatoms. The van der Waals surface area contributed by atoms with Crippen LogP contribution in [0.3, 0.4) is 0 Å². The highest BCUT2D eigenvalue weighted by atomic mass is 19.1. The van der Waals surface area contributed by atoms with Gasteiger partial charge in [0.2, 0.25) is 0 Å². The Morgan fingerprint density at radius 3 is 2.43 bits per heavy atom. The minimum absolute atomic E-state index is 0.182. The van der Waals surface area contributed by atoms with E-state index in [2.05, 4.69) is 15.6 Å². The number of aryl methyl sites for hydroxylation is 2. The molecule has 1 heterocycles. The molecule has 30 heavy (non-hydrogen) atoms. The Balaban J connectivity index is 1.86. The molecular weight excluding hydrogens is 394 g/mol. The molecule has 2 atom stereocenters. The summed E-state index contributed by atoms with van der Waals surface area (Å²) in [6, 6.07) is 4.93. The predicted octanol–water partition coefficient (Wildman–Crippen LogP) is 2.76. The number of hydrogen-bond donors (Lipinski definition) is 5. The second kappa shape index (κ2) is 11.5. The highest BCUT2D eigenvalue weighted by Crippen LogP contribution is 2.20. The van der Waals surface area contributed by atoms with E-state index in [1.54, 1.807) is 31.5 Å². The monoisotopic (exact) mass is 422 g/mol. The summed E-state index contributed by atoms with van der Waals surface area (Å²) in [6.07, 6.45) is 2.87. The SMILES string of the molecule is Cc1cc(N[C@H](CCCCN[C@H](CO)c2ccc(F)cn2)C(=O)NO)cc(C)c1F. The number of carbonyl (C=O) groups is 1. The summed E-state index contributed by atoms with van der Waals surface area (Å²) < 4.78 is 26.8. The number of aliphatic hydroxyl groups is 1. The highest BCUT2D eigenvalue weighted by molar-refractivity contribution is 5.83. The zero-order valence-electron chi connectivity index (χ0n) is 17.1. The number of aliphatic hydroxyl groups excluding tert-OH is 1. The molecule has 0 unspecified atom stereocenters. The summed E-state index contributed by atoms with van der Waals surface area (Å²) in [5.41, 5.74) is 3.73. The molecule has 0 aliphatic carbocycles. The zero-order valence-corrected chi connectivity index (χ0v) is 17.1. The van der Waals surface area contributed by atoms with Gasteiger partial charge in [-0.05, 0) is 75.0 Å². The van der Waals surface area contributed by atoms with Crippen molar-refractivity contribution in [2.45, 2.75) is 45.2 Å². The molecule has 1 amide bonds. The molecule has 164 valence electrons. The average Bonchev–Trinajstić information content (AvgIpc) is 2.73. The molecule has 0 radical (unpaired) electrons. The van der Waals surface area contributed by atoms with Crippen LogP contribution in [0, 0.1) is 25.5 Å². The van der Waals surface area contributed by atoms with E-state index in [0.29, 0.717) is 48.3 Å². The minimum atomic E-state index is -0.688. The lowest BCUT2D eigenvalue weighted by atomic mass is 10.1. The topological polar surface area (TPSA) is 107 Å². The number of nitrogens with one attached hydrogen (secondary N) is 3. The lowest BCUT2D eigenvalue weighted by Gasteiger charge is -2.20. The number of carbonyl (C=O) groups excluding carboxylic acids is 1. The average molecular weight is 422 g/mol. The Bertz CT molecular complexity index is 810. The first kappa shape index (κ1) is 23.7. The van der Waals surface area contributed by atoms with Crippen LogP contribution in [0.15, 0.2) is 30.5 Å². The van der Waals surface area contributed by atoms with Crippen molar-refractivity contribution in [1.29, 1.82) is 0 Å². The van der Waals surface area contributed by atoms with Crippen LogP contribution in [0.1, 0.15) is 42.1 Å². The van der Waals surface area contributed by atoms with Gasteiger partial charge in [0, 0.05) is 5.69 Å². The van der Waals surface area contributed by atoms with Crippen LogP contribution in [0.2, 0.25) is 0 Å². The fraction of sp³-hybridized carbons (Fsp3) is 0.429. The Kier molecular flexibility index (Phi) is 9.10. The summed E-state index contributed by atoms with van der Waals surface area (Å²) in [7, 11) is 0. The van der Waals surface area contributed by atoms with Crippen molar-refractivity contribution in [3.63, 3.8) is 0 Å². The van der Waals surface area contributed by atoms with Gasteiger partial charge in [0.1, 0.15) is 17.7 Å². The van der Waals surface area contributed by atoms with Gasteiger partial charge in [-0.2, -0.15) is 0 Å². The summed E-state index contributed by atoms with van der Waals surface area (Å²) in [4.78, 5) is 16.0. The molecule has 1 aromatic heterocycles. The maximum absolute atomic E-state index is 13.8. The number of hydroxylamine groups is 1. The molecule has 2 rings (SSSR count). The van der Waals surface area contributed by atoms with E-state index in [4.69, 9.17) is 5.21 Å². The summed E-state index contributed by atoms with van der Waals surface area (Å²) >= 11 is 0. The maximum Gasteiger partial charge on any atom is 0.265 e. The standard InChI is InChI=1S/C21H28F2N4O3/c1-13-9-16(10-14(2)20(13)23)26-18(21(29)27-30)5-3-4-8-24-19(12-28)17-7-6-15(22)11-25-17/h6-7,9-11,18-19,24,26,28,30H,3-5,8,12H2,1-2H3,(H,27,29)/t18-,19-/m1/s1. The minimum Gasteiger partial charge on any atom is -0.394 e. The number of nitrogens with zero attached hydrogens (tertiary/aromatic N) is 1. The van der Waals surface area contributed by atoms with Gasteiger partial charge >= 0.3 is 0 Å². The summed E-state index contributed by atoms with van der Waals surface area (Å²) in [5, 5.41) is 24.7. The van der Waals surface area contributed by atoms with Crippen molar-refractivity contribution < 1.29 is 23.9 Å².